The van der Waals surface area contributed by atoms with Crippen molar-refractivity contribution < 1.29 is 44.0 Å². The van der Waals surface area contributed by atoms with Gasteiger partial charge in [-0.05, 0) is 61.4 Å². The number of hydrogen-bond donors (Lipinski definition) is 0. The Labute approximate surface area is 234 Å². The van der Waals surface area contributed by atoms with Gasteiger partial charge in [-0.25, -0.2) is 16.8 Å². The Morgan fingerprint density at radius 2 is 1.23 bits per heavy atom. The third-order valence-electron chi connectivity index (χ3n) is 6.50. The molecule has 1 heterocycles. The molecular formula is C27H27F3O7S3. The lowest BCUT2D eigenvalue weighted by atomic mass is 9.94. The molecule has 1 unspecified atom stereocenters. The highest BCUT2D eigenvalue weighted by Gasteiger charge is 2.45. The molecule has 7 nitrogen and oxygen atoms in total. The topological polar surface area (TPSA) is 110 Å². The Hall–Kier alpha value is -2.42. The smallest absolute Gasteiger partial charge is 0.485 e. The van der Waals surface area contributed by atoms with Gasteiger partial charge in [-0.3, -0.25) is 0 Å². The van der Waals surface area contributed by atoms with Gasteiger partial charge in [0.25, 0.3) is 0 Å². The van der Waals surface area contributed by atoms with Gasteiger partial charge in [0.05, 0.1) is 34.3 Å². The van der Waals surface area contributed by atoms with E-state index in [4.69, 9.17) is 22.4 Å². The van der Waals surface area contributed by atoms with Crippen molar-refractivity contribution in [3.05, 3.63) is 84.9 Å². The van der Waals surface area contributed by atoms with Crippen molar-refractivity contribution in [3.63, 3.8) is 0 Å². The van der Waals surface area contributed by atoms with E-state index >= 15 is 0 Å². The van der Waals surface area contributed by atoms with E-state index in [2.05, 4.69) is 24.3 Å². The number of ether oxygens (including phenoxy) is 2. The first-order valence-corrected chi connectivity index (χ1v) is 16.5. The Balaban J connectivity index is 0.000000406. The molecule has 0 N–H and O–H groups in total. The number of alkyl halides is 3. The average molecular weight is 617 g/mol. The van der Waals surface area contributed by atoms with Crippen LogP contribution in [0.25, 0.3) is 0 Å². The molecule has 0 amide bonds. The average Bonchev–Trinajstić information content (AvgIpc) is 3.37. The van der Waals surface area contributed by atoms with E-state index in [9.17, 15) is 21.6 Å². The van der Waals surface area contributed by atoms with Gasteiger partial charge in [-0.1, -0.05) is 36.4 Å². The molecule has 0 aromatic heterocycles. The van der Waals surface area contributed by atoms with E-state index in [1.807, 2.05) is 48.5 Å². The van der Waals surface area contributed by atoms with Gasteiger partial charge in [0.1, 0.15) is 0 Å². The van der Waals surface area contributed by atoms with Crippen LogP contribution in [0.5, 0.6) is 0 Å². The Morgan fingerprint density at radius 3 is 1.68 bits per heavy atom. The first kappa shape index (κ1) is 30.5. The third kappa shape index (κ3) is 7.07. The van der Waals surface area contributed by atoms with Crippen LogP contribution >= 0.6 is 0 Å². The van der Waals surface area contributed by atoms with Gasteiger partial charge < -0.3 is 14.0 Å². The zero-order valence-corrected chi connectivity index (χ0v) is 23.6. The number of halogens is 3. The Morgan fingerprint density at radius 1 is 0.775 bits per heavy atom. The predicted molar refractivity (Wildman–Crippen MR) is 141 cm³/mol. The second-order valence-electron chi connectivity index (χ2n) is 9.17. The Bertz CT molecular complexity index is 1430. The Kier molecular flexibility index (Phi) is 9.32. The van der Waals surface area contributed by atoms with Crippen LogP contribution in [0.2, 0.25) is 0 Å². The van der Waals surface area contributed by atoms with Crippen molar-refractivity contribution in [1.82, 2.24) is 0 Å². The zero-order valence-electron chi connectivity index (χ0n) is 21.1. The zero-order chi connectivity index (χ0) is 29.0. The minimum Gasteiger partial charge on any atom is -0.741 e. The van der Waals surface area contributed by atoms with Crippen molar-refractivity contribution in [2.75, 3.05) is 13.2 Å². The molecule has 1 saturated carbocycles. The fourth-order valence-corrected chi connectivity index (χ4v) is 8.59. The van der Waals surface area contributed by atoms with Gasteiger partial charge in [0.2, 0.25) is 0 Å². The van der Waals surface area contributed by atoms with Gasteiger partial charge >= 0.3 is 5.51 Å². The lowest BCUT2D eigenvalue weighted by Crippen LogP contribution is -2.41. The molecule has 2 aliphatic rings. The van der Waals surface area contributed by atoms with Gasteiger partial charge in [0.15, 0.2) is 40.4 Å². The lowest BCUT2D eigenvalue weighted by Gasteiger charge is -2.35. The van der Waals surface area contributed by atoms with E-state index in [0.29, 0.717) is 31.0 Å². The highest BCUT2D eigenvalue weighted by molar-refractivity contribution is 7.97. The fraction of sp³-hybridized carbons (Fsp3) is 0.333. The summed E-state index contributed by atoms with van der Waals surface area (Å²) in [6.07, 6.45) is 2.63. The van der Waals surface area contributed by atoms with Gasteiger partial charge in [0, 0.05) is 12.8 Å². The van der Waals surface area contributed by atoms with Gasteiger partial charge in [-0.2, -0.15) is 13.2 Å². The van der Waals surface area contributed by atoms with Crippen molar-refractivity contribution in [2.45, 2.75) is 61.8 Å². The molecule has 1 aliphatic carbocycles. The van der Waals surface area contributed by atoms with Crippen LogP contribution in [-0.4, -0.2) is 51.1 Å². The summed E-state index contributed by atoms with van der Waals surface area (Å²) in [6.45, 7) is 1.09. The van der Waals surface area contributed by atoms with Crippen LogP contribution in [0.1, 0.15) is 25.7 Å². The predicted octanol–water partition coefficient (Wildman–Crippen LogP) is 5.29. The van der Waals surface area contributed by atoms with E-state index in [1.165, 1.54) is 9.79 Å². The lowest BCUT2D eigenvalue weighted by molar-refractivity contribution is -0.175. The standard InChI is InChI=1S/C26H27O4S2.CHF3O3S/c27-32(28,25-12-7-17-26(20-25)29-18-19-30-26)24-15-13-23(14-16-24)31(21-8-3-1-4-9-21)22-10-5-2-6-11-22;2-1(3,4)8(5,6)7/h1-6,8-11,13-16,25H,7,12,17-20H2;(H,5,6,7)/q+1;/p-1. The minimum absolute atomic E-state index is 0.296. The summed E-state index contributed by atoms with van der Waals surface area (Å²) in [6, 6.07) is 28.2. The molecule has 216 valence electrons. The number of sulfone groups is 1. The summed E-state index contributed by atoms with van der Waals surface area (Å²) in [4.78, 5) is 3.90. The molecule has 0 bridgehead atoms. The van der Waals surface area contributed by atoms with Crippen molar-refractivity contribution in [2.24, 2.45) is 0 Å². The van der Waals surface area contributed by atoms with E-state index in [0.717, 1.165) is 17.7 Å². The second-order valence-corrected chi connectivity index (χ2v) is 14.8. The van der Waals surface area contributed by atoms with Crippen LogP contribution in [0, 0.1) is 0 Å². The molecule has 13 heteroatoms. The maximum atomic E-state index is 13.4. The first-order valence-electron chi connectivity index (χ1n) is 12.3. The van der Waals surface area contributed by atoms with Crippen molar-refractivity contribution >= 4 is 30.9 Å². The van der Waals surface area contributed by atoms with E-state index in [-0.39, 0.29) is 10.9 Å². The van der Waals surface area contributed by atoms with E-state index < -0.39 is 36.5 Å². The third-order valence-corrected chi connectivity index (χ3v) is 11.5. The molecule has 40 heavy (non-hydrogen) atoms. The summed E-state index contributed by atoms with van der Waals surface area (Å²) >= 11 is 0. The summed E-state index contributed by atoms with van der Waals surface area (Å²) in [5.41, 5.74) is -5.65. The minimum atomic E-state index is -6.09. The molecule has 1 atom stereocenters. The molecular weight excluding hydrogens is 589 g/mol. The van der Waals surface area contributed by atoms with E-state index in [1.54, 1.807) is 12.1 Å². The fourth-order valence-electron chi connectivity index (χ4n) is 4.65. The summed E-state index contributed by atoms with van der Waals surface area (Å²) in [5.74, 6) is -0.705. The summed E-state index contributed by atoms with van der Waals surface area (Å²) in [7, 11) is -9.84. The largest absolute Gasteiger partial charge is 0.741 e. The normalized spacial score (nSPS) is 19.3. The van der Waals surface area contributed by atoms with Crippen LogP contribution in [0.15, 0.2) is 105 Å². The van der Waals surface area contributed by atoms with Crippen LogP contribution < -0.4 is 0 Å². The summed E-state index contributed by atoms with van der Waals surface area (Å²) in [5, 5.41) is -0.471. The molecule has 1 aliphatic heterocycles. The number of benzene rings is 3. The number of hydrogen-bond acceptors (Lipinski definition) is 7. The SMILES string of the molecule is O=S(=O)([O-])C(F)(F)F.O=S(=O)(c1ccc([S+](c2ccccc2)c2ccccc2)cc1)C1CCCC2(C1)OCCO2. The first-order chi connectivity index (χ1) is 18.8. The van der Waals surface area contributed by atoms with Crippen molar-refractivity contribution in [3.8, 4) is 0 Å². The second kappa shape index (κ2) is 12.2. The maximum Gasteiger partial charge on any atom is 0.485 e. The highest BCUT2D eigenvalue weighted by atomic mass is 32.2. The molecule has 1 saturated heterocycles. The van der Waals surface area contributed by atoms with Crippen LogP contribution in [0.4, 0.5) is 13.2 Å². The summed E-state index contributed by atoms with van der Waals surface area (Å²) < 4.78 is 97.4. The molecule has 3 aromatic carbocycles. The molecule has 1 spiro atoms. The maximum absolute atomic E-state index is 13.4. The molecule has 5 rings (SSSR count). The van der Waals surface area contributed by atoms with Gasteiger partial charge in [-0.15, -0.1) is 0 Å². The highest BCUT2D eigenvalue weighted by Crippen LogP contribution is 2.40. The monoisotopic (exact) mass is 616 g/mol. The quantitative estimate of drug-likeness (QED) is 0.218. The molecule has 0 radical (unpaired) electrons. The number of rotatable bonds is 5. The molecule has 3 aromatic rings. The van der Waals surface area contributed by atoms with Crippen LogP contribution in [0.3, 0.4) is 0 Å². The van der Waals surface area contributed by atoms with Crippen LogP contribution in [-0.2, 0) is 40.3 Å². The molecule has 2 fully saturated rings. The van der Waals surface area contributed by atoms with Crippen molar-refractivity contribution in [1.29, 1.82) is 0 Å².